The van der Waals surface area contributed by atoms with E-state index in [1.54, 1.807) is 23.5 Å². The molecule has 1 amide bonds. The molecule has 23 heavy (non-hydrogen) atoms. The van der Waals surface area contributed by atoms with Crippen LogP contribution in [0, 0.1) is 13.8 Å². The van der Waals surface area contributed by atoms with E-state index < -0.39 is 0 Å². The van der Waals surface area contributed by atoms with Crippen molar-refractivity contribution in [3.63, 3.8) is 0 Å². The van der Waals surface area contributed by atoms with Crippen LogP contribution in [0.4, 0.5) is 0 Å². The van der Waals surface area contributed by atoms with Gasteiger partial charge in [0, 0.05) is 20.6 Å². The zero-order chi connectivity index (χ0) is 16.7. The van der Waals surface area contributed by atoms with Crippen molar-refractivity contribution in [2.75, 3.05) is 13.7 Å². The van der Waals surface area contributed by atoms with E-state index in [2.05, 4.69) is 10.2 Å². The van der Waals surface area contributed by atoms with Crippen LogP contribution in [0.1, 0.15) is 46.3 Å². The number of carbonyl (C=O) groups excluding carboxylic acids is 1. The maximum Gasteiger partial charge on any atom is 0.272 e. The van der Waals surface area contributed by atoms with Gasteiger partial charge in [-0.3, -0.25) is 9.48 Å². The van der Waals surface area contributed by atoms with E-state index in [-0.39, 0.29) is 11.9 Å². The Kier molecular flexibility index (Phi) is 3.87. The molecule has 7 heteroatoms. The van der Waals surface area contributed by atoms with Gasteiger partial charge in [0.25, 0.3) is 5.91 Å². The molecule has 1 aliphatic heterocycles. The summed E-state index contributed by atoms with van der Waals surface area (Å²) in [5.74, 6) is 0.745. The van der Waals surface area contributed by atoms with Gasteiger partial charge in [-0.2, -0.15) is 10.2 Å². The molecule has 0 N–H and O–H groups in total. The number of hydrogen-bond acceptors (Lipinski definition) is 4. The smallest absolute Gasteiger partial charge is 0.272 e. The van der Waals surface area contributed by atoms with Crippen LogP contribution in [-0.4, -0.2) is 44.0 Å². The van der Waals surface area contributed by atoms with Crippen molar-refractivity contribution < 1.29 is 9.53 Å². The molecule has 0 aromatic carbocycles. The molecule has 2 aromatic rings. The molecule has 1 saturated heterocycles. The van der Waals surface area contributed by atoms with Crippen LogP contribution >= 0.6 is 0 Å². The van der Waals surface area contributed by atoms with Crippen LogP contribution in [-0.2, 0) is 14.1 Å². The van der Waals surface area contributed by atoms with Crippen LogP contribution in [0.25, 0.3) is 0 Å². The van der Waals surface area contributed by atoms with E-state index >= 15 is 0 Å². The van der Waals surface area contributed by atoms with Crippen molar-refractivity contribution in [2.24, 2.45) is 14.1 Å². The quantitative estimate of drug-likeness (QED) is 0.865. The first-order chi connectivity index (χ1) is 10.9. The second kappa shape index (κ2) is 5.72. The molecule has 0 saturated carbocycles. The normalized spacial score (nSPS) is 17.8. The summed E-state index contributed by atoms with van der Waals surface area (Å²) in [6.07, 6.45) is 1.90. The minimum Gasteiger partial charge on any atom is -0.481 e. The van der Waals surface area contributed by atoms with Gasteiger partial charge in [-0.25, -0.2) is 4.68 Å². The SMILES string of the molecule is COc1c([C@H]2CCCN2C(=O)c2cc(C)nn2C)c(C)nn1C. The zero-order valence-corrected chi connectivity index (χ0v) is 14.3. The molecule has 124 valence electrons. The lowest BCUT2D eigenvalue weighted by Crippen LogP contribution is -2.32. The molecule has 1 atom stereocenters. The van der Waals surface area contributed by atoms with Gasteiger partial charge in [-0.1, -0.05) is 0 Å². The Labute approximate surface area is 135 Å². The van der Waals surface area contributed by atoms with Crippen molar-refractivity contribution in [1.82, 2.24) is 24.5 Å². The third-order valence-corrected chi connectivity index (χ3v) is 4.48. The van der Waals surface area contributed by atoms with E-state index in [9.17, 15) is 4.79 Å². The fourth-order valence-corrected chi connectivity index (χ4v) is 3.55. The molecular formula is C16H23N5O2. The minimum atomic E-state index is 0.00126. The van der Waals surface area contributed by atoms with Gasteiger partial charge >= 0.3 is 0 Å². The fourth-order valence-electron chi connectivity index (χ4n) is 3.55. The highest BCUT2D eigenvalue weighted by molar-refractivity contribution is 5.93. The fraction of sp³-hybridized carbons (Fsp3) is 0.562. The third kappa shape index (κ3) is 2.50. The maximum absolute atomic E-state index is 13.0. The standard InChI is InChI=1S/C16H23N5O2/c1-10-9-13(19(3)17-10)15(22)21-8-6-7-12(21)14-11(2)18-20(4)16(14)23-5/h9,12H,6-8H2,1-5H3/t12-/m1/s1. The topological polar surface area (TPSA) is 65.2 Å². The molecule has 3 heterocycles. The summed E-state index contributed by atoms with van der Waals surface area (Å²) < 4.78 is 8.91. The van der Waals surface area contributed by atoms with Gasteiger partial charge in [0.15, 0.2) is 0 Å². The lowest BCUT2D eigenvalue weighted by Gasteiger charge is -2.25. The number of hydrogen-bond donors (Lipinski definition) is 0. The van der Waals surface area contributed by atoms with E-state index in [1.165, 1.54) is 0 Å². The first-order valence-corrected chi connectivity index (χ1v) is 7.83. The predicted molar refractivity (Wildman–Crippen MR) is 85.5 cm³/mol. The van der Waals surface area contributed by atoms with Crippen molar-refractivity contribution >= 4 is 5.91 Å². The second-order valence-corrected chi connectivity index (χ2v) is 6.08. The third-order valence-electron chi connectivity index (χ3n) is 4.48. The molecule has 0 spiro atoms. The van der Waals surface area contributed by atoms with Crippen LogP contribution < -0.4 is 4.74 Å². The van der Waals surface area contributed by atoms with E-state index in [1.807, 2.05) is 31.9 Å². The molecule has 0 unspecified atom stereocenters. The predicted octanol–water partition coefficient (Wildman–Crippen LogP) is 1.76. The number of rotatable bonds is 3. The summed E-state index contributed by atoms with van der Waals surface area (Å²) >= 11 is 0. The first-order valence-electron chi connectivity index (χ1n) is 7.83. The molecule has 0 radical (unpaired) electrons. The molecule has 0 aliphatic carbocycles. The molecule has 3 rings (SSSR count). The second-order valence-electron chi connectivity index (χ2n) is 6.08. The Bertz CT molecular complexity index is 746. The summed E-state index contributed by atoms with van der Waals surface area (Å²) in [6.45, 7) is 4.60. The van der Waals surface area contributed by atoms with Crippen LogP contribution in [0.2, 0.25) is 0 Å². The van der Waals surface area contributed by atoms with E-state index in [0.717, 1.165) is 42.2 Å². The number of aryl methyl sites for hydroxylation is 4. The number of aromatic nitrogens is 4. The molecular weight excluding hydrogens is 294 g/mol. The Hall–Kier alpha value is -2.31. The number of methoxy groups -OCH3 is 1. The Morgan fingerprint density at radius 3 is 2.61 bits per heavy atom. The molecule has 2 aromatic heterocycles. The van der Waals surface area contributed by atoms with Gasteiger partial charge in [0.05, 0.1) is 30.1 Å². The average Bonchev–Trinajstić information content (AvgIpc) is 3.15. The van der Waals surface area contributed by atoms with Crippen LogP contribution in [0.3, 0.4) is 0 Å². The highest BCUT2D eigenvalue weighted by Gasteiger charge is 2.36. The van der Waals surface area contributed by atoms with Gasteiger partial charge in [0.1, 0.15) is 5.69 Å². The van der Waals surface area contributed by atoms with Crippen molar-refractivity contribution in [3.05, 3.63) is 28.7 Å². The largest absolute Gasteiger partial charge is 0.481 e. The average molecular weight is 317 g/mol. The number of carbonyl (C=O) groups is 1. The van der Waals surface area contributed by atoms with E-state index in [0.29, 0.717) is 5.69 Å². The molecule has 7 nitrogen and oxygen atoms in total. The van der Waals surface area contributed by atoms with Crippen molar-refractivity contribution in [1.29, 1.82) is 0 Å². The molecule has 0 bridgehead atoms. The number of ether oxygens (including phenoxy) is 1. The monoisotopic (exact) mass is 317 g/mol. The van der Waals surface area contributed by atoms with E-state index in [4.69, 9.17) is 4.74 Å². The summed E-state index contributed by atoms with van der Waals surface area (Å²) in [5, 5.41) is 8.74. The van der Waals surface area contributed by atoms with Gasteiger partial charge in [0.2, 0.25) is 5.88 Å². The Morgan fingerprint density at radius 2 is 2.00 bits per heavy atom. The summed E-state index contributed by atoms with van der Waals surface area (Å²) in [7, 11) is 5.31. The molecule has 1 fully saturated rings. The zero-order valence-electron chi connectivity index (χ0n) is 14.3. The van der Waals surface area contributed by atoms with Crippen LogP contribution in [0.5, 0.6) is 5.88 Å². The number of nitrogens with zero attached hydrogens (tertiary/aromatic N) is 5. The number of likely N-dealkylation sites (tertiary alicyclic amines) is 1. The number of amides is 1. The summed E-state index contributed by atoms with van der Waals surface area (Å²) in [6, 6.07) is 1.84. The lowest BCUT2D eigenvalue weighted by molar-refractivity contribution is 0.0722. The van der Waals surface area contributed by atoms with Gasteiger partial charge < -0.3 is 9.64 Å². The first kappa shape index (κ1) is 15.6. The summed E-state index contributed by atoms with van der Waals surface area (Å²) in [5.41, 5.74) is 3.40. The van der Waals surface area contributed by atoms with Crippen molar-refractivity contribution in [3.8, 4) is 5.88 Å². The minimum absolute atomic E-state index is 0.00126. The highest BCUT2D eigenvalue weighted by Crippen LogP contribution is 2.39. The van der Waals surface area contributed by atoms with Gasteiger partial charge in [-0.15, -0.1) is 0 Å². The lowest BCUT2D eigenvalue weighted by atomic mass is 10.0. The van der Waals surface area contributed by atoms with Crippen LogP contribution in [0.15, 0.2) is 6.07 Å². The highest BCUT2D eigenvalue weighted by atomic mass is 16.5. The Balaban J connectivity index is 1.98. The molecule has 1 aliphatic rings. The van der Waals surface area contributed by atoms with Crippen molar-refractivity contribution in [2.45, 2.75) is 32.7 Å². The maximum atomic E-state index is 13.0. The van der Waals surface area contributed by atoms with Gasteiger partial charge in [-0.05, 0) is 32.8 Å². The Morgan fingerprint density at radius 1 is 1.26 bits per heavy atom. The summed E-state index contributed by atoms with van der Waals surface area (Å²) in [4.78, 5) is 14.9.